The van der Waals surface area contributed by atoms with Crippen molar-refractivity contribution in [1.29, 1.82) is 0 Å². The van der Waals surface area contributed by atoms with Gasteiger partial charge in [-0.15, -0.1) is 0 Å². The minimum Gasteiger partial charge on any atom is -0.343 e. The molecule has 1 rings (SSSR count). The van der Waals surface area contributed by atoms with Crippen LogP contribution in [-0.4, -0.2) is 37.0 Å². The number of rotatable bonds is 5. The highest BCUT2D eigenvalue weighted by molar-refractivity contribution is 5.76. The summed E-state index contributed by atoms with van der Waals surface area (Å²) in [5, 5.41) is 3.34. The fraction of sp³-hybridized carbons (Fsp3) is 0.923. The molecule has 0 radical (unpaired) electrons. The molecule has 1 N–H and O–H groups in total. The van der Waals surface area contributed by atoms with Crippen LogP contribution < -0.4 is 5.32 Å². The lowest BCUT2D eigenvalue weighted by Crippen LogP contribution is -2.37. The van der Waals surface area contributed by atoms with Crippen LogP contribution in [0.2, 0.25) is 0 Å². The molecule has 94 valence electrons. The maximum Gasteiger partial charge on any atom is 0.222 e. The maximum absolute atomic E-state index is 12.0. The number of nitrogens with one attached hydrogen (secondary N) is 1. The van der Waals surface area contributed by atoms with E-state index in [1.165, 1.54) is 0 Å². The Morgan fingerprint density at radius 1 is 1.44 bits per heavy atom. The van der Waals surface area contributed by atoms with Crippen LogP contribution in [0.5, 0.6) is 0 Å². The van der Waals surface area contributed by atoms with Gasteiger partial charge in [0.05, 0.1) is 0 Å². The molecular formula is C13H26N2O. The fourth-order valence-electron chi connectivity index (χ4n) is 2.33. The molecular weight excluding hydrogens is 200 g/mol. The highest BCUT2D eigenvalue weighted by Crippen LogP contribution is 2.18. The van der Waals surface area contributed by atoms with Crippen molar-refractivity contribution in [2.45, 2.75) is 52.0 Å². The molecule has 16 heavy (non-hydrogen) atoms. The fourth-order valence-corrected chi connectivity index (χ4v) is 2.33. The molecule has 1 fully saturated rings. The van der Waals surface area contributed by atoms with E-state index in [9.17, 15) is 4.79 Å². The lowest BCUT2D eigenvalue weighted by atomic mass is 9.94. The number of nitrogens with zero attached hydrogens (tertiary/aromatic N) is 1. The second kappa shape index (κ2) is 6.89. The highest BCUT2D eigenvalue weighted by atomic mass is 16.2. The zero-order valence-corrected chi connectivity index (χ0v) is 11.0. The predicted molar refractivity (Wildman–Crippen MR) is 67.4 cm³/mol. The van der Waals surface area contributed by atoms with E-state index in [1.54, 1.807) is 0 Å². The number of hydrogen-bond acceptors (Lipinski definition) is 2. The number of carbonyl (C=O) groups excluding carboxylic acids is 1. The van der Waals surface area contributed by atoms with Crippen molar-refractivity contribution >= 4 is 5.91 Å². The van der Waals surface area contributed by atoms with E-state index in [0.717, 1.165) is 45.2 Å². The summed E-state index contributed by atoms with van der Waals surface area (Å²) in [6.07, 6.45) is 5.30. The summed E-state index contributed by atoms with van der Waals surface area (Å²) in [5.74, 6) is 0.929. The normalized spacial score (nSPS) is 19.4. The third-order valence-corrected chi connectivity index (χ3v) is 3.68. The smallest absolute Gasteiger partial charge is 0.222 e. The van der Waals surface area contributed by atoms with Crippen LogP contribution in [0.15, 0.2) is 0 Å². The van der Waals surface area contributed by atoms with Crippen molar-refractivity contribution in [2.24, 2.45) is 5.92 Å². The summed E-state index contributed by atoms with van der Waals surface area (Å²) in [5.41, 5.74) is 0. The summed E-state index contributed by atoms with van der Waals surface area (Å²) >= 11 is 0. The lowest BCUT2D eigenvalue weighted by molar-refractivity contribution is -0.133. The van der Waals surface area contributed by atoms with Crippen LogP contribution in [0, 0.1) is 5.92 Å². The van der Waals surface area contributed by atoms with Gasteiger partial charge in [0, 0.05) is 19.5 Å². The highest BCUT2D eigenvalue weighted by Gasteiger charge is 2.21. The van der Waals surface area contributed by atoms with Gasteiger partial charge >= 0.3 is 0 Å². The van der Waals surface area contributed by atoms with Crippen LogP contribution in [-0.2, 0) is 4.79 Å². The summed E-state index contributed by atoms with van der Waals surface area (Å²) in [7, 11) is 1.95. The van der Waals surface area contributed by atoms with Crippen LogP contribution in [0.3, 0.4) is 0 Å². The first kappa shape index (κ1) is 13.5. The van der Waals surface area contributed by atoms with E-state index in [1.807, 2.05) is 11.9 Å². The van der Waals surface area contributed by atoms with Gasteiger partial charge in [-0.25, -0.2) is 0 Å². The molecule has 3 heteroatoms. The van der Waals surface area contributed by atoms with Crippen LogP contribution >= 0.6 is 0 Å². The van der Waals surface area contributed by atoms with Gasteiger partial charge in [-0.3, -0.25) is 4.79 Å². The van der Waals surface area contributed by atoms with Gasteiger partial charge in [0.15, 0.2) is 0 Å². The maximum atomic E-state index is 12.0. The van der Waals surface area contributed by atoms with Gasteiger partial charge in [0.2, 0.25) is 5.91 Å². The van der Waals surface area contributed by atoms with E-state index in [4.69, 9.17) is 0 Å². The van der Waals surface area contributed by atoms with E-state index < -0.39 is 0 Å². The van der Waals surface area contributed by atoms with Crippen molar-refractivity contribution in [2.75, 3.05) is 20.1 Å². The van der Waals surface area contributed by atoms with Gasteiger partial charge in [-0.1, -0.05) is 13.3 Å². The Morgan fingerprint density at radius 2 is 2.06 bits per heavy atom. The number of hydrogen-bond donors (Lipinski definition) is 1. The third-order valence-electron chi connectivity index (χ3n) is 3.68. The van der Waals surface area contributed by atoms with E-state index >= 15 is 0 Å². The van der Waals surface area contributed by atoms with Crippen molar-refractivity contribution in [3.8, 4) is 0 Å². The van der Waals surface area contributed by atoms with Crippen molar-refractivity contribution in [3.05, 3.63) is 0 Å². The molecule has 0 spiro atoms. The topological polar surface area (TPSA) is 32.3 Å². The van der Waals surface area contributed by atoms with E-state index in [0.29, 0.717) is 17.9 Å². The summed E-state index contributed by atoms with van der Waals surface area (Å²) < 4.78 is 0. The number of carbonyl (C=O) groups is 1. The van der Waals surface area contributed by atoms with Crippen LogP contribution in [0.4, 0.5) is 0 Å². The summed E-state index contributed by atoms with van der Waals surface area (Å²) in [6, 6.07) is 0.388. The average molecular weight is 226 g/mol. The molecule has 0 aromatic heterocycles. The van der Waals surface area contributed by atoms with Crippen LogP contribution in [0.1, 0.15) is 46.0 Å². The Morgan fingerprint density at radius 3 is 2.62 bits per heavy atom. The molecule has 0 aliphatic carbocycles. The SMILES string of the molecule is CCCC(C)N(C)C(=O)CC1CCNCC1. The first-order valence-electron chi connectivity index (χ1n) is 6.61. The van der Waals surface area contributed by atoms with Crippen molar-refractivity contribution in [3.63, 3.8) is 0 Å². The third kappa shape index (κ3) is 4.12. The molecule has 1 aliphatic heterocycles. The average Bonchev–Trinajstić information content (AvgIpc) is 2.29. The summed E-state index contributed by atoms with van der Waals surface area (Å²) in [4.78, 5) is 14.0. The van der Waals surface area contributed by atoms with Gasteiger partial charge in [0.1, 0.15) is 0 Å². The van der Waals surface area contributed by atoms with Crippen LogP contribution in [0.25, 0.3) is 0 Å². The van der Waals surface area contributed by atoms with Gasteiger partial charge in [-0.2, -0.15) is 0 Å². The molecule has 1 amide bonds. The number of piperidine rings is 1. The monoisotopic (exact) mass is 226 g/mol. The van der Waals surface area contributed by atoms with Gasteiger partial charge < -0.3 is 10.2 Å². The molecule has 0 saturated carbocycles. The molecule has 0 aromatic rings. The molecule has 1 atom stereocenters. The zero-order chi connectivity index (χ0) is 12.0. The Kier molecular flexibility index (Phi) is 5.81. The Labute approximate surface area is 99.6 Å². The molecule has 1 heterocycles. The van der Waals surface area contributed by atoms with E-state index in [2.05, 4.69) is 19.2 Å². The minimum atomic E-state index is 0.327. The molecule has 1 saturated heterocycles. The predicted octanol–water partition coefficient (Wildman–Crippen LogP) is 2.02. The number of amides is 1. The van der Waals surface area contributed by atoms with E-state index in [-0.39, 0.29) is 0 Å². The van der Waals surface area contributed by atoms with Gasteiger partial charge in [-0.05, 0) is 45.2 Å². The molecule has 1 unspecified atom stereocenters. The second-order valence-electron chi connectivity index (χ2n) is 5.04. The van der Waals surface area contributed by atoms with Crippen molar-refractivity contribution < 1.29 is 4.79 Å². The lowest BCUT2D eigenvalue weighted by Gasteiger charge is -2.28. The molecule has 0 aromatic carbocycles. The summed E-state index contributed by atoms with van der Waals surface area (Å²) in [6.45, 7) is 6.46. The quantitative estimate of drug-likeness (QED) is 0.778. The molecule has 0 bridgehead atoms. The largest absolute Gasteiger partial charge is 0.343 e. The van der Waals surface area contributed by atoms with Crippen molar-refractivity contribution in [1.82, 2.24) is 10.2 Å². The van der Waals surface area contributed by atoms with Gasteiger partial charge in [0.25, 0.3) is 0 Å². The first-order valence-corrected chi connectivity index (χ1v) is 6.61. The molecule has 1 aliphatic rings. The Hall–Kier alpha value is -0.570. The standard InChI is InChI=1S/C13H26N2O/c1-4-5-11(2)15(3)13(16)10-12-6-8-14-9-7-12/h11-12,14H,4-10H2,1-3H3. The first-order chi connectivity index (χ1) is 7.65. The molecule has 3 nitrogen and oxygen atoms in total. The minimum absolute atomic E-state index is 0.327. The zero-order valence-electron chi connectivity index (χ0n) is 11.0. The second-order valence-corrected chi connectivity index (χ2v) is 5.04. The Bertz CT molecular complexity index is 212. The Balaban J connectivity index is 2.32.